The number of benzene rings is 1. The Bertz CT molecular complexity index is 526. The van der Waals surface area contributed by atoms with Gasteiger partial charge in [-0.3, -0.25) is 5.32 Å². The van der Waals surface area contributed by atoms with Crippen molar-refractivity contribution in [2.75, 3.05) is 13.6 Å². The number of rotatable bonds is 2. The Balaban J connectivity index is 2.05. The Labute approximate surface area is 108 Å². The summed E-state index contributed by atoms with van der Waals surface area (Å²) in [7, 11) is 2.00. The van der Waals surface area contributed by atoms with Crippen LogP contribution >= 0.6 is 0 Å². The van der Waals surface area contributed by atoms with Crippen molar-refractivity contribution in [3.8, 4) is 0 Å². The van der Waals surface area contributed by atoms with Crippen molar-refractivity contribution >= 4 is 6.08 Å². The summed E-state index contributed by atoms with van der Waals surface area (Å²) in [6, 6.07) is 9.30. The molecule has 0 saturated carbocycles. The van der Waals surface area contributed by atoms with Crippen molar-refractivity contribution in [2.45, 2.75) is 12.1 Å². The minimum atomic E-state index is 0.320. The second-order valence-electron chi connectivity index (χ2n) is 4.77. The molecule has 2 nitrogen and oxygen atoms in total. The smallest absolute Gasteiger partial charge is 0.0514 e. The van der Waals surface area contributed by atoms with E-state index >= 15 is 0 Å². The van der Waals surface area contributed by atoms with Gasteiger partial charge in [0.05, 0.1) is 6.04 Å². The topological polar surface area (TPSA) is 24.1 Å². The van der Waals surface area contributed by atoms with Crippen LogP contribution in [0.3, 0.4) is 0 Å². The minimum absolute atomic E-state index is 0.320. The first-order chi connectivity index (χ1) is 8.88. The number of fused-ring (bicyclic) bond motifs is 2. The first kappa shape index (κ1) is 11.5. The lowest BCUT2D eigenvalue weighted by Crippen LogP contribution is -2.36. The summed E-state index contributed by atoms with van der Waals surface area (Å²) in [4.78, 5) is 0. The normalized spacial score (nSPS) is 25.1. The van der Waals surface area contributed by atoms with Crippen molar-refractivity contribution in [1.29, 1.82) is 0 Å². The van der Waals surface area contributed by atoms with Crippen LogP contribution in [0.25, 0.3) is 6.08 Å². The molecular weight excluding hydrogens is 220 g/mol. The summed E-state index contributed by atoms with van der Waals surface area (Å²) in [5.41, 5.74) is 4.03. The maximum atomic E-state index is 3.71. The molecule has 3 rings (SSSR count). The molecule has 92 valence electrons. The molecule has 1 aliphatic carbocycles. The van der Waals surface area contributed by atoms with Crippen molar-refractivity contribution in [2.24, 2.45) is 0 Å². The lowest BCUT2D eigenvalue weighted by molar-refractivity contribution is 0.499. The van der Waals surface area contributed by atoms with E-state index in [2.05, 4.69) is 65.3 Å². The van der Waals surface area contributed by atoms with E-state index in [1.807, 2.05) is 7.05 Å². The van der Waals surface area contributed by atoms with Crippen LogP contribution < -0.4 is 10.6 Å². The quantitative estimate of drug-likeness (QED) is 0.827. The molecule has 2 N–H and O–H groups in total. The lowest BCUT2D eigenvalue weighted by Gasteiger charge is -2.24. The van der Waals surface area contributed by atoms with Crippen molar-refractivity contribution in [3.05, 3.63) is 65.3 Å². The Morgan fingerprint density at radius 2 is 2.11 bits per heavy atom. The van der Waals surface area contributed by atoms with Gasteiger partial charge in [-0.05, 0) is 29.8 Å². The average molecular weight is 238 g/mol. The monoisotopic (exact) mass is 238 g/mol. The van der Waals surface area contributed by atoms with E-state index in [1.54, 1.807) is 0 Å². The first-order valence-electron chi connectivity index (χ1n) is 6.44. The van der Waals surface area contributed by atoms with Gasteiger partial charge in [-0.25, -0.2) is 0 Å². The Morgan fingerprint density at radius 3 is 3.00 bits per heavy atom. The molecule has 1 aromatic carbocycles. The fraction of sp³-hybridized carbons (Fsp3) is 0.250. The predicted molar refractivity (Wildman–Crippen MR) is 76.3 cm³/mol. The standard InChI is InChI=1S/C16H18N2/c1-17-11-16-14-8-4-2-6-12(14)10-13-7-3-5-9-15(13)18-16/h2-10,15-18H,11H2,1H3. The van der Waals surface area contributed by atoms with Gasteiger partial charge in [-0.15, -0.1) is 0 Å². The highest BCUT2D eigenvalue weighted by atomic mass is 15.0. The minimum Gasteiger partial charge on any atom is -0.318 e. The molecule has 0 aromatic heterocycles. The van der Waals surface area contributed by atoms with Crippen LogP contribution in [0.15, 0.2) is 54.1 Å². The second-order valence-corrected chi connectivity index (χ2v) is 4.77. The third kappa shape index (κ3) is 2.05. The number of nitrogens with one attached hydrogen (secondary N) is 2. The molecule has 0 spiro atoms. The van der Waals surface area contributed by atoms with E-state index < -0.39 is 0 Å². The van der Waals surface area contributed by atoms with Gasteiger partial charge in [0, 0.05) is 12.6 Å². The third-order valence-electron chi connectivity index (χ3n) is 3.55. The van der Waals surface area contributed by atoms with Crippen molar-refractivity contribution < 1.29 is 0 Å². The summed E-state index contributed by atoms with van der Waals surface area (Å²) in [6.07, 6.45) is 10.9. The highest BCUT2D eigenvalue weighted by molar-refractivity contribution is 5.64. The SMILES string of the molecule is CNCC1NC2C=CC=CC2=Cc2ccccc21. The molecule has 2 heteroatoms. The maximum Gasteiger partial charge on any atom is 0.0514 e. The van der Waals surface area contributed by atoms with Crippen LogP contribution in [0, 0.1) is 0 Å². The molecule has 2 aliphatic rings. The van der Waals surface area contributed by atoms with Crippen LogP contribution in [0.4, 0.5) is 0 Å². The zero-order valence-electron chi connectivity index (χ0n) is 10.6. The van der Waals surface area contributed by atoms with Gasteiger partial charge in [-0.1, -0.05) is 48.6 Å². The van der Waals surface area contributed by atoms with Crippen LogP contribution in [0.2, 0.25) is 0 Å². The second kappa shape index (κ2) is 4.92. The van der Waals surface area contributed by atoms with E-state index in [9.17, 15) is 0 Å². The molecule has 18 heavy (non-hydrogen) atoms. The number of hydrogen-bond donors (Lipinski definition) is 2. The zero-order valence-corrected chi connectivity index (χ0v) is 10.6. The van der Waals surface area contributed by atoms with Crippen LogP contribution in [-0.4, -0.2) is 19.6 Å². The van der Waals surface area contributed by atoms with Crippen LogP contribution in [-0.2, 0) is 0 Å². The molecule has 1 aliphatic heterocycles. The summed E-state index contributed by atoms with van der Waals surface area (Å²) in [5.74, 6) is 0. The van der Waals surface area contributed by atoms with Crippen LogP contribution in [0.1, 0.15) is 17.2 Å². The van der Waals surface area contributed by atoms with E-state index in [1.165, 1.54) is 16.7 Å². The number of allylic oxidation sites excluding steroid dienone is 2. The van der Waals surface area contributed by atoms with Gasteiger partial charge >= 0.3 is 0 Å². The largest absolute Gasteiger partial charge is 0.318 e. The van der Waals surface area contributed by atoms with Crippen LogP contribution in [0.5, 0.6) is 0 Å². The molecular formula is C16H18N2. The molecule has 0 saturated heterocycles. The van der Waals surface area contributed by atoms with Crippen molar-refractivity contribution in [1.82, 2.24) is 10.6 Å². The van der Waals surface area contributed by atoms with E-state index in [0.717, 1.165) is 6.54 Å². The third-order valence-corrected chi connectivity index (χ3v) is 3.55. The summed E-state index contributed by atoms with van der Waals surface area (Å²) < 4.78 is 0. The van der Waals surface area contributed by atoms with Gasteiger partial charge in [-0.2, -0.15) is 0 Å². The Morgan fingerprint density at radius 1 is 1.22 bits per heavy atom. The van der Waals surface area contributed by atoms with Gasteiger partial charge in [0.2, 0.25) is 0 Å². The van der Waals surface area contributed by atoms with E-state index in [4.69, 9.17) is 0 Å². The summed E-state index contributed by atoms with van der Waals surface area (Å²) in [5, 5.41) is 6.98. The Hall–Kier alpha value is -1.64. The highest BCUT2D eigenvalue weighted by Crippen LogP contribution is 2.28. The molecule has 0 bridgehead atoms. The Kier molecular flexibility index (Phi) is 3.13. The maximum absolute atomic E-state index is 3.71. The molecule has 2 atom stereocenters. The number of likely N-dealkylation sites (N-methyl/N-ethyl adjacent to an activating group) is 1. The number of hydrogen-bond acceptors (Lipinski definition) is 2. The van der Waals surface area contributed by atoms with Crippen molar-refractivity contribution in [3.63, 3.8) is 0 Å². The lowest BCUT2D eigenvalue weighted by atomic mass is 9.99. The van der Waals surface area contributed by atoms with Gasteiger partial charge in [0.1, 0.15) is 0 Å². The van der Waals surface area contributed by atoms with Gasteiger partial charge < -0.3 is 5.32 Å². The molecule has 2 unspecified atom stereocenters. The van der Waals surface area contributed by atoms with E-state index in [0.29, 0.717) is 12.1 Å². The fourth-order valence-corrected chi connectivity index (χ4v) is 2.67. The molecule has 1 aromatic rings. The molecule has 0 amide bonds. The predicted octanol–water partition coefficient (Wildman–Crippen LogP) is 2.43. The molecule has 0 fully saturated rings. The van der Waals surface area contributed by atoms with Gasteiger partial charge in [0.25, 0.3) is 0 Å². The summed E-state index contributed by atoms with van der Waals surface area (Å²) >= 11 is 0. The molecule has 1 heterocycles. The highest BCUT2D eigenvalue weighted by Gasteiger charge is 2.22. The van der Waals surface area contributed by atoms with Gasteiger partial charge in [0.15, 0.2) is 0 Å². The average Bonchev–Trinajstić information content (AvgIpc) is 2.56. The van der Waals surface area contributed by atoms with E-state index in [-0.39, 0.29) is 0 Å². The summed E-state index contributed by atoms with van der Waals surface area (Å²) in [6.45, 7) is 0.937. The molecule has 0 radical (unpaired) electrons. The first-order valence-corrected chi connectivity index (χ1v) is 6.44. The zero-order chi connectivity index (χ0) is 12.4. The fourth-order valence-electron chi connectivity index (χ4n) is 2.67.